The summed E-state index contributed by atoms with van der Waals surface area (Å²) in [5, 5.41) is 9.53. The van der Waals surface area contributed by atoms with Gasteiger partial charge in [-0.2, -0.15) is 4.98 Å². The Balaban J connectivity index is 1.28. The fourth-order valence-corrected chi connectivity index (χ4v) is 3.75. The zero-order valence-corrected chi connectivity index (χ0v) is 17.7. The van der Waals surface area contributed by atoms with Gasteiger partial charge >= 0.3 is 0 Å². The number of benzene rings is 2. The molecule has 31 heavy (non-hydrogen) atoms. The van der Waals surface area contributed by atoms with E-state index in [1.807, 2.05) is 30.3 Å². The minimum atomic E-state index is -0.0851. The molecule has 160 valence electrons. The molecule has 7 nitrogen and oxygen atoms in total. The highest BCUT2D eigenvalue weighted by Crippen LogP contribution is 2.20. The lowest BCUT2D eigenvalue weighted by atomic mass is 10.0. The number of piperidine rings is 1. The van der Waals surface area contributed by atoms with E-state index in [0.717, 1.165) is 49.7 Å². The van der Waals surface area contributed by atoms with Crippen molar-refractivity contribution >= 4 is 29.0 Å². The minimum absolute atomic E-state index is 0.0851. The smallest absolute Gasteiger partial charge is 0.224 e. The largest absolute Gasteiger partial charge is 0.351 e. The molecule has 0 bridgehead atoms. The summed E-state index contributed by atoms with van der Waals surface area (Å²) in [5.41, 5.74) is 3.02. The number of nitrogens with zero attached hydrogens (tertiary/aromatic N) is 3. The van der Waals surface area contributed by atoms with Gasteiger partial charge in [-0.15, -0.1) is 0 Å². The van der Waals surface area contributed by atoms with Gasteiger partial charge in [0.05, 0.1) is 0 Å². The van der Waals surface area contributed by atoms with Gasteiger partial charge in [-0.25, -0.2) is 4.98 Å². The molecule has 3 N–H and O–H groups in total. The third kappa shape index (κ3) is 6.26. The molecule has 0 spiro atoms. The number of hydrogen-bond acceptors (Lipinski definition) is 6. The first kappa shape index (κ1) is 20.8. The van der Waals surface area contributed by atoms with E-state index in [-0.39, 0.29) is 5.91 Å². The number of rotatable bonds is 7. The summed E-state index contributed by atoms with van der Waals surface area (Å²) < 4.78 is 0. The zero-order chi connectivity index (χ0) is 21.5. The quantitative estimate of drug-likeness (QED) is 0.534. The Hall–Kier alpha value is -3.45. The van der Waals surface area contributed by atoms with Gasteiger partial charge in [0.15, 0.2) is 0 Å². The summed E-state index contributed by atoms with van der Waals surface area (Å²) in [5.74, 6) is 1.28. The van der Waals surface area contributed by atoms with E-state index in [1.165, 1.54) is 12.5 Å². The van der Waals surface area contributed by atoms with E-state index in [0.29, 0.717) is 12.0 Å². The van der Waals surface area contributed by atoms with E-state index in [2.05, 4.69) is 61.2 Å². The molecule has 0 aliphatic carbocycles. The van der Waals surface area contributed by atoms with Crippen LogP contribution in [-0.4, -0.2) is 39.9 Å². The maximum atomic E-state index is 11.1. The monoisotopic (exact) mass is 416 g/mol. The Kier molecular flexibility index (Phi) is 6.74. The van der Waals surface area contributed by atoms with Crippen LogP contribution in [-0.2, 0) is 11.3 Å². The average Bonchev–Trinajstić information content (AvgIpc) is 2.77. The van der Waals surface area contributed by atoms with E-state index < -0.39 is 0 Å². The van der Waals surface area contributed by atoms with Crippen molar-refractivity contribution in [2.24, 2.45) is 0 Å². The number of carbonyl (C=O) groups excluding carboxylic acids is 1. The lowest BCUT2D eigenvalue weighted by Crippen LogP contribution is -2.38. The van der Waals surface area contributed by atoms with E-state index in [1.54, 1.807) is 6.20 Å². The summed E-state index contributed by atoms with van der Waals surface area (Å²) in [6.45, 7) is 4.62. The fraction of sp³-hybridized carbons (Fsp3) is 0.292. The number of anilines is 4. The maximum Gasteiger partial charge on any atom is 0.224 e. The van der Waals surface area contributed by atoms with Crippen molar-refractivity contribution in [2.75, 3.05) is 29.0 Å². The second kappa shape index (κ2) is 10.0. The summed E-state index contributed by atoms with van der Waals surface area (Å²) in [4.78, 5) is 22.6. The highest BCUT2D eigenvalue weighted by Gasteiger charge is 2.19. The van der Waals surface area contributed by atoms with Gasteiger partial charge in [0, 0.05) is 50.2 Å². The minimum Gasteiger partial charge on any atom is -0.351 e. The van der Waals surface area contributed by atoms with Gasteiger partial charge in [-0.3, -0.25) is 9.69 Å². The number of nitrogens with one attached hydrogen (secondary N) is 3. The van der Waals surface area contributed by atoms with Gasteiger partial charge < -0.3 is 16.0 Å². The Bertz CT molecular complexity index is 984. The molecule has 1 fully saturated rings. The van der Waals surface area contributed by atoms with Crippen molar-refractivity contribution in [2.45, 2.75) is 32.4 Å². The summed E-state index contributed by atoms with van der Waals surface area (Å²) in [6.07, 6.45) is 3.89. The third-order valence-electron chi connectivity index (χ3n) is 5.30. The van der Waals surface area contributed by atoms with Crippen LogP contribution in [0.5, 0.6) is 0 Å². The summed E-state index contributed by atoms with van der Waals surface area (Å²) in [6, 6.07) is 20.4. The molecule has 0 radical (unpaired) electrons. The van der Waals surface area contributed by atoms with Crippen LogP contribution in [0.3, 0.4) is 0 Å². The molecular formula is C24H28N6O. The molecule has 2 heterocycles. The van der Waals surface area contributed by atoms with Crippen molar-refractivity contribution < 1.29 is 4.79 Å². The van der Waals surface area contributed by atoms with E-state index in [9.17, 15) is 4.79 Å². The highest BCUT2D eigenvalue weighted by atomic mass is 16.1. The van der Waals surface area contributed by atoms with Gasteiger partial charge in [-0.05, 0) is 48.7 Å². The molecule has 1 aliphatic heterocycles. The van der Waals surface area contributed by atoms with E-state index >= 15 is 0 Å². The first-order valence-corrected chi connectivity index (χ1v) is 10.6. The first-order valence-electron chi connectivity index (χ1n) is 10.6. The molecule has 0 atom stereocenters. The lowest BCUT2D eigenvalue weighted by molar-refractivity contribution is -0.114. The van der Waals surface area contributed by atoms with Crippen molar-refractivity contribution in [1.82, 2.24) is 14.9 Å². The molecule has 1 saturated heterocycles. The number of aromatic nitrogens is 2. The van der Waals surface area contributed by atoms with Crippen LogP contribution in [0.2, 0.25) is 0 Å². The number of hydrogen-bond donors (Lipinski definition) is 3. The first-order chi connectivity index (χ1) is 15.1. The Morgan fingerprint density at radius 3 is 2.42 bits per heavy atom. The lowest BCUT2D eigenvalue weighted by Gasteiger charge is -2.32. The van der Waals surface area contributed by atoms with Crippen LogP contribution < -0.4 is 16.0 Å². The van der Waals surface area contributed by atoms with Crippen molar-refractivity contribution in [3.63, 3.8) is 0 Å². The van der Waals surface area contributed by atoms with Crippen LogP contribution in [0, 0.1) is 0 Å². The molecule has 0 saturated carbocycles. The Morgan fingerprint density at radius 1 is 1.00 bits per heavy atom. The second-order valence-electron chi connectivity index (χ2n) is 7.83. The zero-order valence-electron chi connectivity index (χ0n) is 17.7. The van der Waals surface area contributed by atoms with Crippen LogP contribution >= 0.6 is 0 Å². The number of amides is 1. The third-order valence-corrected chi connectivity index (χ3v) is 5.30. The number of likely N-dealkylation sites (tertiary alicyclic amines) is 1. The molecule has 2 aromatic carbocycles. The highest BCUT2D eigenvalue weighted by molar-refractivity contribution is 5.88. The standard InChI is InChI=1S/C24H28N6O/c1-18(31)26-20-7-9-21(10-8-20)27-23-11-14-25-24(29-23)28-22-12-15-30(16-13-22)17-19-5-3-2-4-6-19/h2-11,14,22H,12-13,15-17H2,1H3,(H,26,31)(H2,25,27,28,29). The van der Waals surface area contributed by atoms with Crippen LogP contribution in [0.15, 0.2) is 66.9 Å². The Morgan fingerprint density at radius 2 is 1.71 bits per heavy atom. The predicted octanol–water partition coefficient (Wildman–Crippen LogP) is 4.26. The van der Waals surface area contributed by atoms with Gasteiger partial charge in [0.1, 0.15) is 5.82 Å². The normalized spacial score (nSPS) is 14.7. The topological polar surface area (TPSA) is 82.2 Å². The van der Waals surface area contributed by atoms with Crippen molar-refractivity contribution in [3.8, 4) is 0 Å². The molecular weight excluding hydrogens is 388 g/mol. The molecule has 4 rings (SSSR count). The van der Waals surface area contributed by atoms with Crippen LogP contribution in [0.25, 0.3) is 0 Å². The van der Waals surface area contributed by atoms with Crippen molar-refractivity contribution in [3.05, 3.63) is 72.4 Å². The molecule has 0 unspecified atom stereocenters. The van der Waals surface area contributed by atoms with E-state index in [4.69, 9.17) is 0 Å². The Labute approximate surface area is 182 Å². The van der Waals surface area contributed by atoms with Gasteiger partial charge in [0.2, 0.25) is 11.9 Å². The summed E-state index contributed by atoms with van der Waals surface area (Å²) in [7, 11) is 0. The number of carbonyl (C=O) groups is 1. The maximum absolute atomic E-state index is 11.1. The SMILES string of the molecule is CC(=O)Nc1ccc(Nc2ccnc(NC3CCN(Cc4ccccc4)CC3)n2)cc1. The molecule has 3 aromatic rings. The molecule has 1 aromatic heterocycles. The molecule has 7 heteroatoms. The van der Waals surface area contributed by atoms with Crippen molar-refractivity contribution in [1.29, 1.82) is 0 Å². The molecule has 1 amide bonds. The second-order valence-corrected chi connectivity index (χ2v) is 7.83. The van der Waals surface area contributed by atoms with Gasteiger partial charge in [-0.1, -0.05) is 30.3 Å². The predicted molar refractivity (Wildman–Crippen MR) is 124 cm³/mol. The van der Waals surface area contributed by atoms with Gasteiger partial charge in [0.25, 0.3) is 0 Å². The van der Waals surface area contributed by atoms with Crippen LogP contribution in [0.4, 0.5) is 23.1 Å². The summed E-state index contributed by atoms with van der Waals surface area (Å²) >= 11 is 0. The average molecular weight is 417 g/mol. The fourth-order valence-electron chi connectivity index (χ4n) is 3.75. The van der Waals surface area contributed by atoms with Crippen LogP contribution in [0.1, 0.15) is 25.3 Å². The molecule has 1 aliphatic rings.